The number of benzene rings is 2. The number of hydrogen-bond acceptors (Lipinski definition) is 5. The summed E-state index contributed by atoms with van der Waals surface area (Å²) in [5.74, 6) is -0.356. The van der Waals surface area contributed by atoms with Gasteiger partial charge in [-0.25, -0.2) is 0 Å². The Morgan fingerprint density at radius 1 is 1.08 bits per heavy atom. The lowest BCUT2D eigenvalue weighted by atomic mass is 9.93. The first-order valence-electron chi connectivity index (χ1n) is 13.1. The van der Waals surface area contributed by atoms with Crippen LogP contribution in [0.1, 0.15) is 81.5 Å². The number of aliphatic hydroxyl groups is 1. The van der Waals surface area contributed by atoms with Crippen molar-refractivity contribution in [1.29, 1.82) is 0 Å². The Hall–Kier alpha value is -3.12. The number of Topliss-reactive ketones (excluding diaryl/α,β-unsaturated/α-hetero) is 1. The molecule has 0 saturated carbocycles. The van der Waals surface area contributed by atoms with Crippen LogP contribution in [0.4, 0.5) is 0 Å². The van der Waals surface area contributed by atoms with Crippen molar-refractivity contribution in [1.82, 2.24) is 4.90 Å². The molecule has 6 nitrogen and oxygen atoms in total. The van der Waals surface area contributed by atoms with Crippen LogP contribution >= 0.6 is 0 Å². The molecule has 2 saturated heterocycles. The van der Waals surface area contributed by atoms with Gasteiger partial charge in [0.2, 0.25) is 0 Å². The van der Waals surface area contributed by atoms with Gasteiger partial charge >= 0.3 is 0 Å². The van der Waals surface area contributed by atoms with Gasteiger partial charge in [-0.15, -0.1) is 0 Å². The molecule has 2 unspecified atom stereocenters. The Bertz CT molecular complexity index is 1080. The first-order valence-corrected chi connectivity index (χ1v) is 13.1. The lowest BCUT2D eigenvalue weighted by Crippen LogP contribution is -2.36. The monoisotopic (exact) mass is 491 g/mol. The molecule has 2 aromatic carbocycles. The van der Waals surface area contributed by atoms with E-state index in [1.165, 1.54) is 5.56 Å². The maximum absolute atomic E-state index is 13.3. The van der Waals surface area contributed by atoms with Crippen molar-refractivity contribution in [3.8, 4) is 5.75 Å². The van der Waals surface area contributed by atoms with E-state index in [0.29, 0.717) is 37.0 Å². The highest BCUT2D eigenvalue weighted by molar-refractivity contribution is 6.46. The molecule has 0 aliphatic carbocycles. The number of aliphatic hydroxyl groups excluding tert-OH is 1. The van der Waals surface area contributed by atoms with Crippen molar-refractivity contribution in [3.63, 3.8) is 0 Å². The second-order valence-corrected chi connectivity index (χ2v) is 9.99. The zero-order valence-electron chi connectivity index (χ0n) is 21.5. The smallest absolute Gasteiger partial charge is 0.295 e. The second kappa shape index (κ2) is 11.7. The number of ketones is 1. The van der Waals surface area contributed by atoms with E-state index in [4.69, 9.17) is 9.47 Å². The minimum Gasteiger partial charge on any atom is -0.507 e. The van der Waals surface area contributed by atoms with E-state index in [-0.39, 0.29) is 17.4 Å². The molecule has 1 N–H and O–H groups in total. The normalized spacial score (nSPS) is 21.5. The Labute approximate surface area is 213 Å². The van der Waals surface area contributed by atoms with Crippen molar-refractivity contribution < 1.29 is 24.2 Å². The molecule has 0 spiro atoms. The van der Waals surface area contributed by atoms with Crippen LogP contribution in [-0.2, 0) is 14.3 Å². The van der Waals surface area contributed by atoms with E-state index in [2.05, 4.69) is 20.8 Å². The first kappa shape index (κ1) is 26.0. The number of amides is 1. The highest BCUT2D eigenvalue weighted by Crippen LogP contribution is 2.40. The predicted octanol–water partition coefficient (Wildman–Crippen LogP) is 5.98. The quantitative estimate of drug-likeness (QED) is 0.191. The van der Waals surface area contributed by atoms with Crippen LogP contribution in [0.25, 0.3) is 5.76 Å². The fraction of sp³-hybridized carbons (Fsp3) is 0.467. The van der Waals surface area contributed by atoms with Crippen molar-refractivity contribution in [2.75, 3.05) is 19.8 Å². The predicted molar refractivity (Wildman–Crippen MR) is 140 cm³/mol. The molecule has 192 valence electrons. The van der Waals surface area contributed by atoms with Gasteiger partial charge in [0.15, 0.2) is 0 Å². The summed E-state index contributed by atoms with van der Waals surface area (Å²) in [6.07, 6.45) is 4.91. The standard InChI is InChI=1S/C30H37NO5/c1-4-5-6-17-35-24-15-13-23(14-16-24)28(32)26-27(22-11-9-21(10-12-22)20(2)3)31(30(34)29(26)33)19-25-8-7-18-36-25/h9-16,20,25,27,32H,4-8,17-19H2,1-3H3/b28-26-. The number of carbonyl (C=O) groups is 2. The molecule has 0 aromatic heterocycles. The Kier molecular flexibility index (Phi) is 8.47. The van der Waals surface area contributed by atoms with Crippen LogP contribution in [0, 0.1) is 0 Å². The van der Waals surface area contributed by atoms with E-state index < -0.39 is 17.7 Å². The average molecular weight is 492 g/mol. The third-order valence-corrected chi connectivity index (χ3v) is 7.03. The molecule has 1 amide bonds. The zero-order valence-corrected chi connectivity index (χ0v) is 21.5. The molecule has 0 radical (unpaired) electrons. The minimum absolute atomic E-state index is 0.107. The number of carbonyl (C=O) groups excluding carboxylic acids is 2. The summed E-state index contributed by atoms with van der Waals surface area (Å²) in [6.45, 7) is 8.01. The van der Waals surface area contributed by atoms with Gasteiger partial charge in [-0.3, -0.25) is 9.59 Å². The van der Waals surface area contributed by atoms with E-state index in [0.717, 1.165) is 37.7 Å². The summed E-state index contributed by atoms with van der Waals surface area (Å²) >= 11 is 0. The Balaban J connectivity index is 1.67. The summed E-state index contributed by atoms with van der Waals surface area (Å²) in [5.41, 5.74) is 2.57. The van der Waals surface area contributed by atoms with Gasteiger partial charge in [0.25, 0.3) is 11.7 Å². The maximum atomic E-state index is 13.3. The van der Waals surface area contributed by atoms with Crippen LogP contribution in [0.3, 0.4) is 0 Å². The van der Waals surface area contributed by atoms with Gasteiger partial charge < -0.3 is 19.5 Å². The van der Waals surface area contributed by atoms with Gasteiger partial charge in [0, 0.05) is 18.7 Å². The number of likely N-dealkylation sites (tertiary alicyclic amines) is 1. The number of unbranched alkanes of at least 4 members (excludes halogenated alkanes) is 2. The number of nitrogens with zero attached hydrogens (tertiary/aromatic N) is 1. The highest BCUT2D eigenvalue weighted by atomic mass is 16.5. The molecule has 0 bridgehead atoms. The largest absolute Gasteiger partial charge is 0.507 e. The minimum atomic E-state index is -0.666. The lowest BCUT2D eigenvalue weighted by Gasteiger charge is -2.27. The van der Waals surface area contributed by atoms with Gasteiger partial charge in [0.05, 0.1) is 24.3 Å². The molecule has 2 atom stereocenters. The van der Waals surface area contributed by atoms with Crippen molar-refractivity contribution in [3.05, 3.63) is 70.8 Å². The fourth-order valence-electron chi connectivity index (χ4n) is 4.89. The molecule has 2 aromatic rings. The molecule has 4 rings (SSSR count). The molecular formula is C30H37NO5. The van der Waals surface area contributed by atoms with E-state index in [1.807, 2.05) is 24.3 Å². The van der Waals surface area contributed by atoms with Crippen LogP contribution in [0.5, 0.6) is 5.75 Å². The number of hydrogen-bond donors (Lipinski definition) is 1. The van der Waals surface area contributed by atoms with Crippen LogP contribution in [-0.4, -0.2) is 47.6 Å². The van der Waals surface area contributed by atoms with E-state index in [9.17, 15) is 14.7 Å². The molecule has 36 heavy (non-hydrogen) atoms. The maximum Gasteiger partial charge on any atom is 0.295 e. The Morgan fingerprint density at radius 2 is 1.81 bits per heavy atom. The summed E-state index contributed by atoms with van der Waals surface area (Å²) in [5, 5.41) is 11.3. The first-order chi connectivity index (χ1) is 17.4. The zero-order chi connectivity index (χ0) is 25.7. The van der Waals surface area contributed by atoms with Gasteiger partial charge in [-0.1, -0.05) is 57.9 Å². The SMILES string of the molecule is CCCCCOc1ccc(/C(O)=C2/C(=O)C(=O)N(CC3CCCO3)C2c2ccc(C(C)C)cc2)cc1. The molecule has 2 aliphatic heterocycles. The number of ether oxygens (including phenoxy) is 2. The third kappa shape index (κ3) is 5.65. The van der Waals surface area contributed by atoms with Crippen LogP contribution < -0.4 is 4.74 Å². The van der Waals surface area contributed by atoms with Gasteiger partial charge in [-0.05, 0) is 60.6 Å². The highest BCUT2D eigenvalue weighted by Gasteiger charge is 2.47. The molecule has 2 heterocycles. The van der Waals surface area contributed by atoms with E-state index in [1.54, 1.807) is 29.2 Å². The summed E-state index contributed by atoms with van der Waals surface area (Å²) in [4.78, 5) is 28.0. The van der Waals surface area contributed by atoms with Crippen molar-refractivity contribution in [2.45, 2.75) is 70.9 Å². The molecular weight excluding hydrogens is 454 g/mol. The van der Waals surface area contributed by atoms with Gasteiger partial charge in [0.1, 0.15) is 11.5 Å². The third-order valence-electron chi connectivity index (χ3n) is 7.03. The van der Waals surface area contributed by atoms with Gasteiger partial charge in [-0.2, -0.15) is 0 Å². The summed E-state index contributed by atoms with van der Waals surface area (Å²) in [7, 11) is 0. The Morgan fingerprint density at radius 3 is 2.42 bits per heavy atom. The lowest BCUT2D eigenvalue weighted by molar-refractivity contribution is -0.140. The van der Waals surface area contributed by atoms with Crippen molar-refractivity contribution in [2.24, 2.45) is 0 Å². The average Bonchev–Trinajstić information content (AvgIpc) is 3.49. The summed E-state index contributed by atoms with van der Waals surface area (Å²) in [6, 6.07) is 14.3. The molecule has 2 fully saturated rings. The fourth-order valence-corrected chi connectivity index (χ4v) is 4.89. The van der Waals surface area contributed by atoms with E-state index >= 15 is 0 Å². The number of rotatable bonds is 10. The van der Waals surface area contributed by atoms with Crippen LogP contribution in [0.15, 0.2) is 54.1 Å². The van der Waals surface area contributed by atoms with Crippen LogP contribution in [0.2, 0.25) is 0 Å². The summed E-state index contributed by atoms with van der Waals surface area (Å²) < 4.78 is 11.6. The topological polar surface area (TPSA) is 76.1 Å². The van der Waals surface area contributed by atoms with Crippen molar-refractivity contribution >= 4 is 17.4 Å². The molecule has 2 aliphatic rings. The molecule has 6 heteroatoms. The second-order valence-electron chi connectivity index (χ2n) is 9.99.